The lowest BCUT2D eigenvalue weighted by atomic mass is 10.1. The van der Waals surface area contributed by atoms with Crippen molar-refractivity contribution in [2.24, 2.45) is 0 Å². The predicted octanol–water partition coefficient (Wildman–Crippen LogP) is 0.776. The molecule has 0 spiro atoms. The van der Waals surface area contributed by atoms with E-state index in [1.807, 2.05) is 44.6 Å². The fraction of sp³-hybridized carbons (Fsp3) is 0.667. The van der Waals surface area contributed by atoms with Crippen LogP contribution in [0.3, 0.4) is 0 Å². The van der Waals surface area contributed by atoms with Gasteiger partial charge in [-0.2, -0.15) is 5.10 Å². The molecule has 1 rings (SSSR count). The van der Waals surface area contributed by atoms with E-state index in [1.54, 1.807) is 6.20 Å². The Hall–Kier alpha value is -1.36. The fourth-order valence-electron chi connectivity index (χ4n) is 1.41. The second-order valence-electron chi connectivity index (χ2n) is 5.30. The quantitative estimate of drug-likeness (QED) is 0.797. The molecule has 1 aromatic rings. The van der Waals surface area contributed by atoms with E-state index in [0.29, 0.717) is 13.1 Å². The first-order chi connectivity index (χ1) is 7.87. The van der Waals surface area contributed by atoms with Gasteiger partial charge >= 0.3 is 0 Å². The van der Waals surface area contributed by atoms with Crippen LogP contribution in [-0.2, 0) is 11.3 Å². The van der Waals surface area contributed by atoms with Gasteiger partial charge in [-0.15, -0.1) is 0 Å². The Labute approximate surface area is 103 Å². The molecule has 2 N–H and O–H groups in total. The SMILES string of the molecule is CC(Cn1cccn1)NC(=O)CNC(C)(C)C. The molecule has 1 unspecified atom stereocenters. The van der Waals surface area contributed by atoms with Crippen molar-refractivity contribution in [3.8, 4) is 0 Å². The van der Waals surface area contributed by atoms with E-state index in [2.05, 4.69) is 15.7 Å². The van der Waals surface area contributed by atoms with Crippen LogP contribution in [0.15, 0.2) is 18.5 Å². The number of carbonyl (C=O) groups is 1. The second-order valence-corrected chi connectivity index (χ2v) is 5.30. The van der Waals surface area contributed by atoms with Gasteiger partial charge in [-0.25, -0.2) is 0 Å². The van der Waals surface area contributed by atoms with E-state index in [-0.39, 0.29) is 17.5 Å². The molecule has 0 aliphatic carbocycles. The van der Waals surface area contributed by atoms with Gasteiger partial charge in [0.1, 0.15) is 0 Å². The number of rotatable bonds is 5. The van der Waals surface area contributed by atoms with Crippen LogP contribution >= 0.6 is 0 Å². The molecule has 0 aromatic carbocycles. The Kier molecular flexibility index (Phi) is 4.69. The first-order valence-corrected chi connectivity index (χ1v) is 5.88. The molecular weight excluding hydrogens is 216 g/mol. The van der Waals surface area contributed by atoms with Crippen molar-refractivity contribution in [3.05, 3.63) is 18.5 Å². The third kappa shape index (κ3) is 6.06. The molecule has 0 fully saturated rings. The molecule has 0 saturated carbocycles. The third-order valence-corrected chi connectivity index (χ3v) is 2.21. The van der Waals surface area contributed by atoms with Gasteiger partial charge in [-0.1, -0.05) is 0 Å². The summed E-state index contributed by atoms with van der Waals surface area (Å²) in [6.45, 7) is 9.10. The Morgan fingerprint density at radius 3 is 2.71 bits per heavy atom. The van der Waals surface area contributed by atoms with Crippen LogP contribution in [0.2, 0.25) is 0 Å². The highest BCUT2D eigenvalue weighted by Gasteiger charge is 2.13. The van der Waals surface area contributed by atoms with Gasteiger partial charge in [-0.3, -0.25) is 9.48 Å². The molecule has 0 radical (unpaired) electrons. The normalized spacial score (nSPS) is 13.4. The molecule has 1 heterocycles. The largest absolute Gasteiger partial charge is 0.351 e. The maximum absolute atomic E-state index is 11.6. The summed E-state index contributed by atoms with van der Waals surface area (Å²) in [5.74, 6) is 0.0135. The standard InChI is InChI=1S/C12H22N4O/c1-10(9-16-7-5-6-14-16)15-11(17)8-13-12(2,3)4/h5-7,10,13H,8-9H2,1-4H3,(H,15,17). The van der Waals surface area contributed by atoms with Crippen LogP contribution in [0.1, 0.15) is 27.7 Å². The molecule has 96 valence electrons. The van der Waals surface area contributed by atoms with E-state index in [1.165, 1.54) is 0 Å². The average Bonchev–Trinajstić information content (AvgIpc) is 2.66. The molecule has 0 bridgehead atoms. The lowest BCUT2D eigenvalue weighted by molar-refractivity contribution is -0.121. The summed E-state index contributed by atoms with van der Waals surface area (Å²) in [6.07, 6.45) is 3.62. The van der Waals surface area contributed by atoms with Gasteiger partial charge in [0.05, 0.1) is 13.1 Å². The first kappa shape index (κ1) is 13.7. The van der Waals surface area contributed by atoms with Crippen LogP contribution < -0.4 is 10.6 Å². The van der Waals surface area contributed by atoms with Crippen LogP contribution in [0.25, 0.3) is 0 Å². The Balaban J connectivity index is 2.26. The van der Waals surface area contributed by atoms with E-state index in [4.69, 9.17) is 0 Å². The summed E-state index contributed by atoms with van der Waals surface area (Å²) < 4.78 is 1.81. The highest BCUT2D eigenvalue weighted by molar-refractivity contribution is 5.78. The summed E-state index contributed by atoms with van der Waals surface area (Å²) in [5, 5.41) is 10.2. The van der Waals surface area contributed by atoms with Gasteiger partial charge in [0.2, 0.25) is 5.91 Å². The van der Waals surface area contributed by atoms with Crippen molar-refractivity contribution in [1.82, 2.24) is 20.4 Å². The zero-order chi connectivity index (χ0) is 12.9. The van der Waals surface area contributed by atoms with Crippen molar-refractivity contribution >= 4 is 5.91 Å². The molecule has 17 heavy (non-hydrogen) atoms. The van der Waals surface area contributed by atoms with Crippen molar-refractivity contribution in [2.75, 3.05) is 6.54 Å². The molecule has 0 saturated heterocycles. The molecule has 1 atom stereocenters. The number of nitrogens with zero attached hydrogens (tertiary/aromatic N) is 2. The molecule has 1 aromatic heterocycles. The van der Waals surface area contributed by atoms with Crippen LogP contribution in [0, 0.1) is 0 Å². The lowest BCUT2D eigenvalue weighted by Crippen LogP contribution is -2.46. The highest BCUT2D eigenvalue weighted by atomic mass is 16.2. The van der Waals surface area contributed by atoms with Crippen LogP contribution in [0.4, 0.5) is 0 Å². The van der Waals surface area contributed by atoms with E-state index >= 15 is 0 Å². The van der Waals surface area contributed by atoms with Crippen LogP contribution in [0.5, 0.6) is 0 Å². The monoisotopic (exact) mass is 238 g/mol. The minimum absolute atomic E-state index is 0.0135. The third-order valence-electron chi connectivity index (χ3n) is 2.21. The maximum atomic E-state index is 11.6. The highest BCUT2D eigenvalue weighted by Crippen LogP contribution is 1.97. The van der Waals surface area contributed by atoms with Gasteiger partial charge < -0.3 is 10.6 Å². The predicted molar refractivity (Wildman–Crippen MR) is 67.6 cm³/mol. The van der Waals surface area contributed by atoms with Crippen molar-refractivity contribution in [3.63, 3.8) is 0 Å². The van der Waals surface area contributed by atoms with Crippen molar-refractivity contribution < 1.29 is 4.79 Å². The van der Waals surface area contributed by atoms with Gasteiger partial charge in [-0.05, 0) is 33.8 Å². The summed E-state index contributed by atoms with van der Waals surface area (Å²) in [7, 11) is 0. The summed E-state index contributed by atoms with van der Waals surface area (Å²) >= 11 is 0. The number of nitrogens with one attached hydrogen (secondary N) is 2. The molecule has 5 heteroatoms. The summed E-state index contributed by atoms with van der Waals surface area (Å²) in [5.41, 5.74) is -0.0391. The van der Waals surface area contributed by atoms with E-state index in [0.717, 1.165) is 0 Å². The number of hydrogen-bond donors (Lipinski definition) is 2. The second kappa shape index (κ2) is 5.82. The van der Waals surface area contributed by atoms with Gasteiger partial charge in [0.25, 0.3) is 0 Å². The molecular formula is C12H22N4O. The zero-order valence-electron chi connectivity index (χ0n) is 11.0. The zero-order valence-corrected chi connectivity index (χ0v) is 11.0. The maximum Gasteiger partial charge on any atom is 0.234 e. The van der Waals surface area contributed by atoms with E-state index in [9.17, 15) is 4.79 Å². The molecule has 0 aliphatic heterocycles. The average molecular weight is 238 g/mol. The molecule has 0 aliphatic rings. The molecule has 1 amide bonds. The number of hydrogen-bond acceptors (Lipinski definition) is 3. The Morgan fingerprint density at radius 2 is 2.18 bits per heavy atom. The number of aromatic nitrogens is 2. The van der Waals surface area contributed by atoms with Crippen LogP contribution in [-0.4, -0.2) is 33.8 Å². The number of carbonyl (C=O) groups excluding carboxylic acids is 1. The molecule has 5 nitrogen and oxygen atoms in total. The van der Waals surface area contributed by atoms with Crippen molar-refractivity contribution in [1.29, 1.82) is 0 Å². The fourth-order valence-corrected chi connectivity index (χ4v) is 1.41. The van der Waals surface area contributed by atoms with E-state index < -0.39 is 0 Å². The van der Waals surface area contributed by atoms with Gasteiger partial charge in [0, 0.05) is 24.0 Å². The summed E-state index contributed by atoms with van der Waals surface area (Å²) in [4.78, 5) is 11.6. The first-order valence-electron chi connectivity index (χ1n) is 5.88. The summed E-state index contributed by atoms with van der Waals surface area (Å²) in [6, 6.07) is 1.94. The lowest BCUT2D eigenvalue weighted by Gasteiger charge is -2.21. The topological polar surface area (TPSA) is 59.0 Å². The number of amides is 1. The Morgan fingerprint density at radius 1 is 1.47 bits per heavy atom. The smallest absolute Gasteiger partial charge is 0.234 e. The minimum atomic E-state index is -0.0391. The van der Waals surface area contributed by atoms with Crippen molar-refractivity contribution in [2.45, 2.75) is 45.8 Å². The Bertz CT molecular complexity index is 340. The minimum Gasteiger partial charge on any atom is -0.351 e. The van der Waals surface area contributed by atoms with Gasteiger partial charge in [0.15, 0.2) is 0 Å².